The molecule has 0 N–H and O–H groups in total. The number of aryl methyl sites for hydroxylation is 1. The lowest BCUT2D eigenvalue weighted by Gasteiger charge is -2.13. The van der Waals surface area contributed by atoms with Gasteiger partial charge in [-0.15, -0.1) is 0 Å². The molecule has 0 atom stereocenters. The first-order valence-corrected chi connectivity index (χ1v) is 7.81. The maximum atomic E-state index is 5.38. The van der Waals surface area contributed by atoms with Crippen LogP contribution in [0.2, 0.25) is 0 Å². The fraction of sp³-hybridized carbons (Fsp3) is 0.300. The summed E-state index contributed by atoms with van der Waals surface area (Å²) in [6, 6.07) is 10.00. The Morgan fingerprint density at radius 1 is 0.708 bits per heavy atom. The highest BCUT2D eigenvalue weighted by Crippen LogP contribution is 2.38. The molecular weight excluding hydrogens is 304 g/mol. The van der Waals surface area contributed by atoms with Crippen molar-refractivity contribution in [3.05, 3.63) is 47.0 Å². The van der Waals surface area contributed by atoms with Gasteiger partial charge in [0.15, 0.2) is 11.5 Å². The minimum Gasteiger partial charge on any atom is -0.496 e. The van der Waals surface area contributed by atoms with E-state index < -0.39 is 0 Å². The fourth-order valence-electron chi connectivity index (χ4n) is 2.57. The van der Waals surface area contributed by atoms with Crippen molar-refractivity contribution in [1.29, 1.82) is 0 Å². The molecular formula is C20H24O4. The first kappa shape index (κ1) is 17.7. The van der Waals surface area contributed by atoms with Crippen LogP contribution in [-0.2, 0) is 6.42 Å². The number of ether oxygens (including phenoxy) is 4. The summed E-state index contributed by atoms with van der Waals surface area (Å²) in [5, 5.41) is 0. The predicted octanol–water partition coefficient (Wildman–Crippen LogP) is 4.45. The summed E-state index contributed by atoms with van der Waals surface area (Å²) in [6.07, 6.45) is 5.00. The molecule has 4 nitrogen and oxygen atoms in total. The molecule has 0 aliphatic heterocycles. The minimum atomic E-state index is 0.592. The van der Waals surface area contributed by atoms with Gasteiger partial charge < -0.3 is 18.9 Å². The Morgan fingerprint density at radius 3 is 1.79 bits per heavy atom. The van der Waals surface area contributed by atoms with Gasteiger partial charge in [0.1, 0.15) is 5.75 Å². The monoisotopic (exact) mass is 328 g/mol. The molecule has 0 saturated carbocycles. The molecule has 0 amide bonds. The first-order valence-electron chi connectivity index (χ1n) is 7.81. The number of hydrogen-bond donors (Lipinski definition) is 0. The van der Waals surface area contributed by atoms with Gasteiger partial charge in [0.05, 0.1) is 28.4 Å². The SMILES string of the molecule is CCc1cc(/C=C\c2cc(OC)c(OC)c(OC)c2)ccc1OC. The molecule has 0 spiro atoms. The van der Waals surface area contributed by atoms with Crippen LogP contribution in [0.25, 0.3) is 12.2 Å². The molecule has 0 aromatic heterocycles. The smallest absolute Gasteiger partial charge is 0.203 e. The van der Waals surface area contributed by atoms with E-state index in [0.717, 1.165) is 23.3 Å². The summed E-state index contributed by atoms with van der Waals surface area (Å²) >= 11 is 0. The van der Waals surface area contributed by atoms with Crippen molar-refractivity contribution in [3.8, 4) is 23.0 Å². The van der Waals surface area contributed by atoms with Crippen LogP contribution in [0.5, 0.6) is 23.0 Å². The van der Waals surface area contributed by atoms with Gasteiger partial charge in [0.25, 0.3) is 0 Å². The second-order valence-corrected chi connectivity index (χ2v) is 5.22. The van der Waals surface area contributed by atoms with Crippen molar-refractivity contribution < 1.29 is 18.9 Å². The van der Waals surface area contributed by atoms with Crippen molar-refractivity contribution in [2.45, 2.75) is 13.3 Å². The fourth-order valence-corrected chi connectivity index (χ4v) is 2.57. The van der Waals surface area contributed by atoms with E-state index in [9.17, 15) is 0 Å². The van der Waals surface area contributed by atoms with Gasteiger partial charge in [-0.3, -0.25) is 0 Å². The van der Waals surface area contributed by atoms with Crippen LogP contribution in [0.1, 0.15) is 23.6 Å². The third-order valence-corrected chi connectivity index (χ3v) is 3.84. The molecule has 2 aromatic carbocycles. The third-order valence-electron chi connectivity index (χ3n) is 3.84. The second kappa shape index (κ2) is 8.29. The normalized spacial score (nSPS) is 10.7. The van der Waals surface area contributed by atoms with E-state index >= 15 is 0 Å². The van der Waals surface area contributed by atoms with Gasteiger partial charge >= 0.3 is 0 Å². The van der Waals surface area contributed by atoms with E-state index in [1.807, 2.05) is 30.3 Å². The summed E-state index contributed by atoms with van der Waals surface area (Å²) in [6.45, 7) is 2.12. The van der Waals surface area contributed by atoms with Gasteiger partial charge in [-0.25, -0.2) is 0 Å². The maximum absolute atomic E-state index is 5.38. The van der Waals surface area contributed by atoms with Crippen molar-refractivity contribution in [2.75, 3.05) is 28.4 Å². The van der Waals surface area contributed by atoms with Crippen molar-refractivity contribution in [3.63, 3.8) is 0 Å². The average molecular weight is 328 g/mol. The number of rotatable bonds is 7. The van der Waals surface area contributed by atoms with Gasteiger partial charge in [-0.2, -0.15) is 0 Å². The van der Waals surface area contributed by atoms with Crippen LogP contribution in [0, 0.1) is 0 Å². The van der Waals surface area contributed by atoms with Crippen molar-refractivity contribution >= 4 is 12.2 Å². The van der Waals surface area contributed by atoms with Crippen LogP contribution in [-0.4, -0.2) is 28.4 Å². The first-order chi connectivity index (χ1) is 11.7. The van der Waals surface area contributed by atoms with E-state index in [1.54, 1.807) is 28.4 Å². The van der Waals surface area contributed by atoms with Gasteiger partial charge in [-0.1, -0.05) is 25.1 Å². The summed E-state index contributed by atoms with van der Waals surface area (Å²) in [7, 11) is 6.52. The van der Waals surface area contributed by atoms with Crippen LogP contribution in [0.15, 0.2) is 30.3 Å². The van der Waals surface area contributed by atoms with Crippen molar-refractivity contribution in [1.82, 2.24) is 0 Å². The molecule has 24 heavy (non-hydrogen) atoms. The molecule has 0 fully saturated rings. The molecule has 0 unspecified atom stereocenters. The number of benzene rings is 2. The Morgan fingerprint density at radius 2 is 1.29 bits per heavy atom. The van der Waals surface area contributed by atoms with Gasteiger partial charge in [0.2, 0.25) is 5.75 Å². The summed E-state index contributed by atoms with van der Waals surface area (Å²) < 4.78 is 21.5. The van der Waals surface area contributed by atoms with E-state index in [0.29, 0.717) is 17.2 Å². The topological polar surface area (TPSA) is 36.9 Å². The van der Waals surface area contributed by atoms with E-state index in [4.69, 9.17) is 18.9 Å². The number of hydrogen-bond acceptors (Lipinski definition) is 4. The summed E-state index contributed by atoms with van der Waals surface area (Å²) in [4.78, 5) is 0. The quantitative estimate of drug-likeness (QED) is 0.704. The highest BCUT2D eigenvalue weighted by Gasteiger charge is 2.12. The Kier molecular flexibility index (Phi) is 6.13. The molecule has 2 aromatic rings. The second-order valence-electron chi connectivity index (χ2n) is 5.22. The molecule has 0 aliphatic rings. The Bertz CT molecular complexity index is 695. The summed E-state index contributed by atoms with van der Waals surface area (Å²) in [5.74, 6) is 2.79. The van der Waals surface area contributed by atoms with Gasteiger partial charge in [-0.05, 0) is 47.4 Å². The maximum Gasteiger partial charge on any atom is 0.203 e. The standard InChI is InChI=1S/C20H24O4/c1-6-16-11-14(9-10-17(16)21-2)7-8-15-12-18(22-3)20(24-5)19(13-15)23-4/h7-13H,6H2,1-5H3/b8-7-. The molecule has 128 valence electrons. The van der Waals surface area contributed by atoms with Gasteiger partial charge in [0, 0.05) is 0 Å². The number of methoxy groups -OCH3 is 4. The molecule has 2 rings (SSSR count). The predicted molar refractivity (Wildman–Crippen MR) is 97.4 cm³/mol. The summed E-state index contributed by atoms with van der Waals surface area (Å²) in [5.41, 5.74) is 3.27. The van der Waals surface area contributed by atoms with E-state index in [-0.39, 0.29) is 0 Å². The Labute approximate surface area is 143 Å². The largest absolute Gasteiger partial charge is 0.496 e. The minimum absolute atomic E-state index is 0.592. The zero-order valence-electron chi connectivity index (χ0n) is 14.9. The lowest BCUT2D eigenvalue weighted by atomic mass is 10.1. The third kappa shape index (κ3) is 3.82. The zero-order chi connectivity index (χ0) is 17.5. The van der Waals surface area contributed by atoms with E-state index in [2.05, 4.69) is 19.1 Å². The molecule has 0 bridgehead atoms. The zero-order valence-corrected chi connectivity index (χ0v) is 14.9. The van der Waals surface area contributed by atoms with Crippen LogP contribution in [0.3, 0.4) is 0 Å². The Balaban J connectivity index is 2.35. The molecule has 4 heteroatoms. The molecule has 0 radical (unpaired) electrons. The van der Waals surface area contributed by atoms with Crippen LogP contribution >= 0.6 is 0 Å². The van der Waals surface area contributed by atoms with Crippen LogP contribution in [0.4, 0.5) is 0 Å². The van der Waals surface area contributed by atoms with Crippen molar-refractivity contribution in [2.24, 2.45) is 0 Å². The molecule has 0 heterocycles. The lowest BCUT2D eigenvalue weighted by Crippen LogP contribution is -1.95. The van der Waals surface area contributed by atoms with Crippen LogP contribution < -0.4 is 18.9 Å². The molecule has 0 saturated heterocycles. The Hall–Kier alpha value is -2.62. The highest BCUT2D eigenvalue weighted by atomic mass is 16.5. The highest BCUT2D eigenvalue weighted by molar-refractivity contribution is 5.73. The molecule has 0 aliphatic carbocycles. The average Bonchev–Trinajstić information content (AvgIpc) is 2.64. The lowest BCUT2D eigenvalue weighted by molar-refractivity contribution is 0.324. The van der Waals surface area contributed by atoms with E-state index in [1.165, 1.54) is 5.56 Å².